The maximum Gasteiger partial charge on any atom is 0.315 e. The molecule has 2 amide bonds. The summed E-state index contributed by atoms with van der Waals surface area (Å²) in [5, 5.41) is 9.86. The third kappa shape index (κ3) is 4.34. The number of carbonyl (C=O) groups excluding carboxylic acids is 1. The fraction of sp³-hybridized carbons (Fsp3) is 0.375. The predicted octanol–water partition coefficient (Wildman–Crippen LogP) is 2.60. The maximum absolute atomic E-state index is 11.9. The lowest BCUT2D eigenvalue weighted by Gasteiger charge is -2.16. The molecule has 5 heteroatoms. The summed E-state index contributed by atoms with van der Waals surface area (Å²) in [6, 6.07) is 6.11. The van der Waals surface area contributed by atoms with E-state index < -0.39 is 0 Å². The van der Waals surface area contributed by atoms with Crippen LogP contribution >= 0.6 is 0 Å². The van der Waals surface area contributed by atoms with Crippen LogP contribution in [0, 0.1) is 13.8 Å². The first-order valence-corrected chi connectivity index (χ1v) is 7.04. The van der Waals surface area contributed by atoms with Crippen molar-refractivity contribution in [3.05, 3.63) is 52.8 Å². The Balaban J connectivity index is 1.89. The van der Waals surface area contributed by atoms with E-state index in [-0.39, 0.29) is 12.1 Å². The largest absolute Gasteiger partial charge is 0.334 e. The molecule has 2 N–H and O–H groups in total. The van der Waals surface area contributed by atoms with E-state index in [1.807, 2.05) is 20.2 Å². The second-order valence-electron chi connectivity index (χ2n) is 5.49. The van der Waals surface area contributed by atoms with Crippen molar-refractivity contribution in [1.29, 1.82) is 0 Å². The number of amides is 2. The van der Waals surface area contributed by atoms with Gasteiger partial charge in [-0.1, -0.05) is 29.3 Å². The van der Waals surface area contributed by atoms with E-state index in [0.717, 1.165) is 11.1 Å². The topological polar surface area (TPSA) is 59.0 Å². The van der Waals surface area contributed by atoms with Gasteiger partial charge in [0, 0.05) is 25.4 Å². The van der Waals surface area contributed by atoms with Crippen molar-refractivity contribution in [2.75, 3.05) is 0 Å². The van der Waals surface area contributed by atoms with Crippen LogP contribution < -0.4 is 10.6 Å². The molecule has 1 aromatic heterocycles. The first-order chi connectivity index (χ1) is 9.94. The van der Waals surface area contributed by atoms with Crippen LogP contribution in [0.15, 0.2) is 30.6 Å². The molecule has 21 heavy (non-hydrogen) atoms. The number of hydrogen-bond acceptors (Lipinski definition) is 2. The second kappa shape index (κ2) is 6.43. The summed E-state index contributed by atoms with van der Waals surface area (Å²) in [4.78, 5) is 11.9. The molecular weight excluding hydrogens is 264 g/mol. The predicted molar refractivity (Wildman–Crippen MR) is 82.9 cm³/mol. The number of hydrogen-bond donors (Lipinski definition) is 2. The van der Waals surface area contributed by atoms with Crippen molar-refractivity contribution in [3.8, 4) is 0 Å². The molecule has 0 aliphatic heterocycles. The van der Waals surface area contributed by atoms with Crippen molar-refractivity contribution in [2.24, 2.45) is 7.05 Å². The number of nitrogens with one attached hydrogen (secondary N) is 2. The van der Waals surface area contributed by atoms with E-state index in [0.29, 0.717) is 6.54 Å². The van der Waals surface area contributed by atoms with E-state index in [2.05, 4.69) is 47.8 Å². The summed E-state index contributed by atoms with van der Waals surface area (Å²) >= 11 is 0. The van der Waals surface area contributed by atoms with Crippen molar-refractivity contribution >= 4 is 6.03 Å². The van der Waals surface area contributed by atoms with Gasteiger partial charge in [0.1, 0.15) is 0 Å². The van der Waals surface area contributed by atoms with Crippen LogP contribution in [0.4, 0.5) is 4.79 Å². The van der Waals surface area contributed by atoms with Gasteiger partial charge in [0.2, 0.25) is 0 Å². The Morgan fingerprint density at radius 2 is 1.95 bits per heavy atom. The Labute approximate surface area is 125 Å². The highest BCUT2D eigenvalue weighted by Crippen LogP contribution is 2.16. The molecule has 5 nitrogen and oxygen atoms in total. The first-order valence-electron chi connectivity index (χ1n) is 7.04. The second-order valence-corrected chi connectivity index (χ2v) is 5.49. The highest BCUT2D eigenvalue weighted by molar-refractivity contribution is 5.74. The zero-order chi connectivity index (χ0) is 15.4. The lowest BCUT2D eigenvalue weighted by Crippen LogP contribution is -2.36. The number of aromatic nitrogens is 2. The summed E-state index contributed by atoms with van der Waals surface area (Å²) in [6.45, 7) is 6.58. The quantitative estimate of drug-likeness (QED) is 0.907. The Bertz CT molecular complexity index is 613. The first kappa shape index (κ1) is 15.1. The SMILES string of the molecule is Cc1cc(C)cc([C@H](C)NC(=O)NCc2cnn(C)c2)c1. The molecule has 1 atom stereocenters. The molecule has 1 aromatic carbocycles. The van der Waals surface area contributed by atoms with Crippen molar-refractivity contribution in [3.63, 3.8) is 0 Å². The molecule has 0 radical (unpaired) electrons. The average Bonchev–Trinajstić information content (AvgIpc) is 2.81. The third-order valence-corrected chi connectivity index (χ3v) is 3.30. The number of rotatable bonds is 4. The van der Waals surface area contributed by atoms with Crippen molar-refractivity contribution in [2.45, 2.75) is 33.4 Å². The van der Waals surface area contributed by atoms with Gasteiger partial charge in [-0.2, -0.15) is 5.10 Å². The number of aryl methyl sites for hydroxylation is 3. The molecule has 0 fully saturated rings. The molecule has 0 spiro atoms. The highest BCUT2D eigenvalue weighted by Gasteiger charge is 2.10. The minimum atomic E-state index is -0.175. The molecule has 0 saturated carbocycles. The van der Waals surface area contributed by atoms with Crippen LogP contribution in [0.3, 0.4) is 0 Å². The zero-order valence-electron chi connectivity index (χ0n) is 13.0. The molecular formula is C16H22N4O. The minimum Gasteiger partial charge on any atom is -0.334 e. The van der Waals surface area contributed by atoms with Crippen LogP contribution in [0.1, 0.15) is 35.2 Å². The summed E-state index contributed by atoms with van der Waals surface area (Å²) in [5.41, 5.74) is 4.50. The Morgan fingerprint density at radius 1 is 1.29 bits per heavy atom. The standard InChI is InChI=1S/C16H22N4O/c1-11-5-12(2)7-15(6-11)13(3)19-16(21)17-8-14-9-18-20(4)10-14/h5-7,9-10,13H,8H2,1-4H3,(H2,17,19,21)/t13-/m0/s1. The number of urea groups is 1. The molecule has 1 heterocycles. The van der Waals surface area contributed by atoms with Gasteiger partial charge in [0.05, 0.1) is 12.2 Å². The van der Waals surface area contributed by atoms with Crippen LogP contribution in [-0.4, -0.2) is 15.8 Å². The number of nitrogens with zero attached hydrogens (tertiary/aromatic N) is 2. The van der Waals surface area contributed by atoms with Crippen molar-refractivity contribution < 1.29 is 4.79 Å². The molecule has 0 aliphatic carbocycles. The van der Waals surface area contributed by atoms with Crippen LogP contribution in [0.2, 0.25) is 0 Å². The van der Waals surface area contributed by atoms with Gasteiger partial charge < -0.3 is 10.6 Å². The van der Waals surface area contributed by atoms with E-state index >= 15 is 0 Å². The normalized spacial score (nSPS) is 12.0. The van der Waals surface area contributed by atoms with Gasteiger partial charge in [-0.15, -0.1) is 0 Å². The Morgan fingerprint density at radius 3 is 2.52 bits per heavy atom. The molecule has 0 saturated heterocycles. The lowest BCUT2D eigenvalue weighted by atomic mass is 10.0. The summed E-state index contributed by atoms with van der Waals surface area (Å²) in [6.07, 6.45) is 3.63. The van der Waals surface area contributed by atoms with Crippen molar-refractivity contribution in [1.82, 2.24) is 20.4 Å². The van der Waals surface area contributed by atoms with Gasteiger partial charge in [-0.05, 0) is 26.3 Å². The fourth-order valence-electron chi connectivity index (χ4n) is 2.34. The molecule has 0 aliphatic rings. The van der Waals surface area contributed by atoms with Gasteiger partial charge in [-0.3, -0.25) is 4.68 Å². The Kier molecular flexibility index (Phi) is 4.62. The minimum absolute atomic E-state index is 0.0301. The lowest BCUT2D eigenvalue weighted by molar-refractivity contribution is 0.237. The smallest absolute Gasteiger partial charge is 0.315 e. The van der Waals surface area contributed by atoms with E-state index in [1.165, 1.54) is 11.1 Å². The van der Waals surface area contributed by atoms with E-state index in [9.17, 15) is 4.79 Å². The summed E-state index contributed by atoms with van der Waals surface area (Å²) in [7, 11) is 1.85. The van der Waals surface area contributed by atoms with Crippen LogP contribution in [0.5, 0.6) is 0 Å². The molecule has 112 valence electrons. The number of carbonyl (C=O) groups is 1. The van der Waals surface area contributed by atoms with Crippen LogP contribution in [0.25, 0.3) is 0 Å². The molecule has 2 aromatic rings. The summed E-state index contributed by atoms with van der Waals surface area (Å²) in [5.74, 6) is 0. The molecule has 0 unspecified atom stereocenters. The number of benzene rings is 1. The van der Waals surface area contributed by atoms with Gasteiger partial charge in [0.15, 0.2) is 0 Å². The van der Waals surface area contributed by atoms with Gasteiger partial charge >= 0.3 is 6.03 Å². The Hall–Kier alpha value is -2.30. The monoisotopic (exact) mass is 286 g/mol. The van der Waals surface area contributed by atoms with E-state index in [4.69, 9.17) is 0 Å². The van der Waals surface area contributed by atoms with E-state index in [1.54, 1.807) is 10.9 Å². The third-order valence-electron chi connectivity index (χ3n) is 3.30. The maximum atomic E-state index is 11.9. The van der Waals surface area contributed by atoms with Crippen LogP contribution in [-0.2, 0) is 13.6 Å². The van der Waals surface area contributed by atoms with Gasteiger partial charge in [-0.25, -0.2) is 4.79 Å². The highest BCUT2D eigenvalue weighted by atomic mass is 16.2. The summed E-state index contributed by atoms with van der Waals surface area (Å²) < 4.78 is 1.72. The average molecular weight is 286 g/mol. The van der Waals surface area contributed by atoms with Gasteiger partial charge in [0.25, 0.3) is 0 Å². The fourth-order valence-corrected chi connectivity index (χ4v) is 2.34. The molecule has 0 bridgehead atoms. The zero-order valence-corrected chi connectivity index (χ0v) is 13.0. The molecule has 2 rings (SSSR count).